The summed E-state index contributed by atoms with van der Waals surface area (Å²) in [6, 6.07) is 4.70. The Hall–Kier alpha value is -2.02. The number of rotatable bonds is 3. The highest BCUT2D eigenvalue weighted by molar-refractivity contribution is 6.31. The van der Waals surface area contributed by atoms with E-state index in [1.165, 1.54) is 18.2 Å². The van der Waals surface area contributed by atoms with Gasteiger partial charge in [0.2, 0.25) is 5.88 Å². The van der Waals surface area contributed by atoms with Crippen molar-refractivity contribution in [1.82, 2.24) is 4.98 Å². The van der Waals surface area contributed by atoms with Crippen LogP contribution in [0.15, 0.2) is 30.5 Å². The maximum atomic E-state index is 13.7. The van der Waals surface area contributed by atoms with E-state index in [1.807, 2.05) is 0 Å². The van der Waals surface area contributed by atoms with E-state index in [1.54, 1.807) is 7.05 Å². The molecule has 3 nitrogen and oxygen atoms in total. The summed E-state index contributed by atoms with van der Waals surface area (Å²) < 4.78 is 56.2. The minimum absolute atomic E-state index is 0.192. The largest absolute Gasteiger partial charge is 0.434 e. The Labute approximate surface area is 122 Å². The predicted molar refractivity (Wildman–Crippen MR) is 70.3 cm³/mol. The van der Waals surface area contributed by atoms with Gasteiger partial charge in [-0.15, -0.1) is 0 Å². The zero-order chi connectivity index (χ0) is 15.6. The van der Waals surface area contributed by atoms with Crippen molar-refractivity contribution >= 4 is 17.3 Å². The fraction of sp³-hybridized carbons (Fsp3) is 0.154. The molecule has 0 amide bonds. The predicted octanol–water partition coefficient (Wildman–Crippen LogP) is 4.73. The Morgan fingerprint density at radius 1 is 1.24 bits per heavy atom. The number of alkyl halides is 3. The normalized spacial score (nSPS) is 11.3. The van der Waals surface area contributed by atoms with E-state index in [4.69, 9.17) is 16.3 Å². The first-order chi connectivity index (χ1) is 9.81. The highest BCUT2D eigenvalue weighted by atomic mass is 35.5. The highest BCUT2D eigenvalue weighted by Gasteiger charge is 2.31. The van der Waals surface area contributed by atoms with Crippen molar-refractivity contribution in [2.24, 2.45) is 0 Å². The van der Waals surface area contributed by atoms with Crippen molar-refractivity contribution < 1.29 is 22.3 Å². The van der Waals surface area contributed by atoms with E-state index in [9.17, 15) is 17.6 Å². The molecule has 0 unspecified atom stereocenters. The van der Waals surface area contributed by atoms with Crippen LogP contribution in [0.25, 0.3) is 0 Å². The van der Waals surface area contributed by atoms with Crippen LogP contribution in [0.4, 0.5) is 23.2 Å². The minimum Gasteiger partial charge on any atom is -0.434 e. The van der Waals surface area contributed by atoms with Crippen LogP contribution in [0, 0.1) is 5.82 Å². The van der Waals surface area contributed by atoms with Crippen LogP contribution < -0.4 is 10.1 Å². The lowest BCUT2D eigenvalue weighted by Crippen LogP contribution is -2.06. The maximum absolute atomic E-state index is 13.7. The van der Waals surface area contributed by atoms with Gasteiger partial charge in [-0.2, -0.15) is 13.2 Å². The molecule has 2 rings (SSSR count). The number of hydrogen-bond donors (Lipinski definition) is 1. The zero-order valence-electron chi connectivity index (χ0n) is 10.6. The molecular weight excluding hydrogens is 312 g/mol. The number of halogens is 5. The molecule has 0 bridgehead atoms. The number of hydrogen-bond acceptors (Lipinski definition) is 3. The molecular formula is C13H9ClF4N2O. The van der Waals surface area contributed by atoms with Crippen LogP contribution in [0.5, 0.6) is 11.6 Å². The Morgan fingerprint density at radius 3 is 2.48 bits per heavy atom. The molecule has 21 heavy (non-hydrogen) atoms. The van der Waals surface area contributed by atoms with Crippen LogP contribution in [0.1, 0.15) is 5.56 Å². The average Bonchev–Trinajstić information content (AvgIpc) is 2.41. The molecule has 0 aliphatic heterocycles. The van der Waals surface area contributed by atoms with E-state index in [0.717, 1.165) is 0 Å². The molecule has 0 aliphatic carbocycles. The van der Waals surface area contributed by atoms with E-state index in [-0.39, 0.29) is 16.7 Å². The SMILES string of the molecule is CNc1ccc(Oc2ncc(C(F)(F)F)cc2Cl)c(F)c1. The standard InChI is InChI=1S/C13H9ClF4N2O/c1-19-8-2-3-11(10(15)5-8)21-12-9(14)4-7(6-20-12)13(16,17)18/h2-6,19H,1H3. The molecule has 1 N–H and O–H groups in total. The Kier molecular flexibility index (Phi) is 4.22. The van der Waals surface area contributed by atoms with E-state index in [2.05, 4.69) is 10.3 Å². The topological polar surface area (TPSA) is 34.1 Å². The van der Waals surface area contributed by atoms with Crippen molar-refractivity contribution in [2.75, 3.05) is 12.4 Å². The first-order valence-electron chi connectivity index (χ1n) is 5.69. The first-order valence-corrected chi connectivity index (χ1v) is 6.07. The lowest BCUT2D eigenvalue weighted by atomic mass is 10.2. The molecule has 2 aromatic rings. The quantitative estimate of drug-likeness (QED) is 0.830. The third kappa shape index (κ3) is 3.55. The second-order valence-corrected chi connectivity index (χ2v) is 4.41. The van der Waals surface area contributed by atoms with Crippen molar-refractivity contribution in [3.63, 3.8) is 0 Å². The number of nitrogens with one attached hydrogen (secondary N) is 1. The summed E-state index contributed by atoms with van der Waals surface area (Å²) >= 11 is 5.67. The summed E-state index contributed by atoms with van der Waals surface area (Å²) in [5, 5.41) is 2.37. The second-order valence-electron chi connectivity index (χ2n) is 4.01. The van der Waals surface area contributed by atoms with Gasteiger partial charge in [-0.25, -0.2) is 9.37 Å². The van der Waals surface area contributed by atoms with Crippen molar-refractivity contribution in [2.45, 2.75) is 6.18 Å². The summed E-state index contributed by atoms with van der Waals surface area (Å²) in [6.45, 7) is 0. The fourth-order valence-corrected chi connectivity index (χ4v) is 1.70. The lowest BCUT2D eigenvalue weighted by Gasteiger charge is -2.11. The highest BCUT2D eigenvalue weighted by Crippen LogP contribution is 2.35. The van der Waals surface area contributed by atoms with Gasteiger partial charge >= 0.3 is 6.18 Å². The van der Waals surface area contributed by atoms with Crippen LogP contribution in [-0.2, 0) is 6.18 Å². The number of ether oxygens (including phenoxy) is 1. The second kappa shape index (κ2) is 5.77. The smallest absolute Gasteiger partial charge is 0.417 e. The van der Waals surface area contributed by atoms with E-state index >= 15 is 0 Å². The molecule has 8 heteroatoms. The molecule has 0 radical (unpaired) electrons. The molecule has 112 valence electrons. The van der Waals surface area contributed by atoms with Crippen molar-refractivity contribution in [3.05, 3.63) is 46.9 Å². The molecule has 0 atom stereocenters. The monoisotopic (exact) mass is 320 g/mol. The number of aromatic nitrogens is 1. The average molecular weight is 321 g/mol. The van der Waals surface area contributed by atoms with Crippen LogP contribution in [-0.4, -0.2) is 12.0 Å². The van der Waals surface area contributed by atoms with Gasteiger partial charge in [0, 0.05) is 25.0 Å². The van der Waals surface area contributed by atoms with Gasteiger partial charge in [0.15, 0.2) is 11.6 Å². The molecule has 0 fully saturated rings. The van der Waals surface area contributed by atoms with E-state index < -0.39 is 17.6 Å². The maximum Gasteiger partial charge on any atom is 0.417 e. The van der Waals surface area contributed by atoms with Gasteiger partial charge in [0.1, 0.15) is 5.02 Å². The van der Waals surface area contributed by atoms with Gasteiger partial charge in [0.25, 0.3) is 0 Å². The summed E-state index contributed by atoms with van der Waals surface area (Å²) in [7, 11) is 1.61. The fourth-order valence-electron chi connectivity index (χ4n) is 1.50. The molecule has 0 saturated heterocycles. The minimum atomic E-state index is -4.56. The Balaban J connectivity index is 2.28. The van der Waals surface area contributed by atoms with E-state index in [0.29, 0.717) is 18.0 Å². The number of benzene rings is 1. The van der Waals surface area contributed by atoms with Crippen molar-refractivity contribution in [1.29, 1.82) is 0 Å². The van der Waals surface area contributed by atoms with Gasteiger partial charge in [0.05, 0.1) is 5.56 Å². The Bertz CT molecular complexity index is 661. The van der Waals surface area contributed by atoms with Gasteiger partial charge in [-0.05, 0) is 18.2 Å². The molecule has 0 saturated carbocycles. The van der Waals surface area contributed by atoms with Gasteiger partial charge in [-0.1, -0.05) is 11.6 Å². The number of nitrogens with zero attached hydrogens (tertiary/aromatic N) is 1. The lowest BCUT2D eigenvalue weighted by molar-refractivity contribution is -0.137. The third-order valence-corrected chi connectivity index (χ3v) is 2.83. The molecule has 1 heterocycles. The Morgan fingerprint density at radius 2 is 1.95 bits per heavy atom. The van der Waals surface area contributed by atoms with Gasteiger partial charge in [-0.3, -0.25) is 0 Å². The first kappa shape index (κ1) is 15.4. The van der Waals surface area contributed by atoms with Crippen molar-refractivity contribution in [3.8, 4) is 11.6 Å². The number of pyridine rings is 1. The molecule has 1 aromatic heterocycles. The molecule has 0 aliphatic rings. The van der Waals surface area contributed by atoms with Crippen LogP contribution >= 0.6 is 11.6 Å². The zero-order valence-corrected chi connectivity index (χ0v) is 11.4. The third-order valence-electron chi connectivity index (χ3n) is 2.56. The molecule has 0 spiro atoms. The molecule has 1 aromatic carbocycles. The summed E-state index contributed by atoms with van der Waals surface area (Å²) in [4.78, 5) is 3.47. The van der Waals surface area contributed by atoms with Crippen LogP contribution in [0.3, 0.4) is 0 Å². The van der Waals surface area contributed by atoms with Gasteiger partial charge < -0.3 is 10.1 Å². The summed E-state index contributed by atoms with van der Waals surface area (Å²) in [5.74, 6) is -1.19. The van der Waals surface area contributed by atoms with Crippen LogP contribution in [0.2, 0.25) is 5.02 Å². The summed E-state index contributed by atoms with van der Waals surface area (Å²) in [5.41, 5.74) is -0.489. The summed E-state index contributed by atoms with van der Waals surface area (Å²) in [6.07, 6.45) is -3.99. The number of anilines is 1.